The quantitative estimate of drug-likeness (QED) is 0.747. The van der Waals surface area contributed by atoms with Gasteiger partial charge >= 0.3 is 0 Å². The van der Waals surface area contributed by atoms with Crippen molar-refractivity contribution in [2.45, 2.75) is 56.3 Å². The van der Waals surface area contributed by atoms with Gasteiger partial charge in [-0.25, -0.2) is 4.98 Å². The van der Waals surface area contributed by atoms with Crippen LogP contribution in [-0.4, -0.2) is 52.2 Å². The van der Waals surface area contributed by atoms with Crippen molar-refractivity contribution in [2.24, 2.45) is 5.41 Å². The fourth-order valence-electron chi connectivity index (χ4n) is 5.01. The molecule has 2 fully saturated rings. The standard InChI is InChI=1S/C20H27N3O2S/c1-4-25-16-13-15(20(16)10-6-7-11-20)22(2)18(24)17-14-9-5-8-12-23(14)19(21-17)26-3/h5,8-9,12,15-16H,4,6-7,10-11,13H2,1-3H3/t15-,16-/m1/s1. The van der Waals surface area contributed by atoms with Gasteiger partial charge in [0.25, 0.3) is 5.91 Å². The van der Waals surface area contributed by atoms with Gasteiger partial charge in [-0.2, -0.15) is 0 Å². The molecule has 5 nitrogen and oxygen atoms in total. The van der Waals surface area contributed by atoms with E-state index in [2.05, 4.69) is 11.9 Å². The first-order valence-electron chi connectivity index (χ1n) is 9.52. The summed E-state index contributed by atoms with van der Waals surface area (Å²) in [6.07, 6.45) is 10.0. The molecular weight excluding hydrogens is 346 g/mol. The minimum atomic E-state index is 0.0280. The highest BCUT2D eigenvalue weighted by Gasteiger charge is 2.59. The molecule has 0 aromatic carbocycles. The van der Waals surface area contributed by atoms with Crippen LogP contribution < -0.4 is 0 Å². The zero-order valence-electron chi connectivity index (χ0n) is 15.8. The van der Waals surface area contributed by atoms with Gasteiger partial charge in [-0.3, -0.25) is 9.20 Å². The minimum absolute atomic E-state index is 0.0280. The van der Waals surface area contributed by atoms with Gasteiger partial charge < -0.3 is 9.64 Å². The van der Waals surface area contributed by atoms with Crippen LogP contribution >= 0.6 is 11.8 Å². The Bertz CT molecular complexity index is 812. The Morgan fingerprint density at radius 1 is 1.42 bits per heavy atom. The molecule has 0 N–H and O–H groups in total. The number of rotatable bonds is 5. The third kappa shape index (κ3) is 2.57. The van der Waals surface area contributed by atoms with Gasteiger partial charge in [0.15, 0.2) is 10.9 Å². The number of nitrogens with zero attached hydrogens (tertiary/aromatic N) is 3. The van der Waals surface area contributed by atoms with Crippen molar-refractivity contribution in [3.63, 3.8) is 0 Å². The molecular formula is C20H27N3O2S. The largest absolute Gasteiger partial charge is 0.378 e. The zero-order valence-corrected chi connectivity index (χ0v) is 16.6. The molecule has 4 rings (SSSR count). The number of imidazole rings is 1. The van der Waals surface area contributed by atoms with Gasteiger partial charge in [0, 0.05) is 31.3 Å². The molecule has 26 heavy (non-hydrogen) atoms. The summed E-state index contributed by atoms with van der Waals surface area (Å²) in [5.74, 6) is 0.0280. The summed E-state index contributed by atoms with van der Waals surface area (Å²) in [4.78, 5) is 19.9. The number of hydrogen-bond acceptors (Lipinski definition) is 4. The van der Waals surface area contributed by atoms with E-state index < -0.39 is 0 Å². The molecule has 140 valence electrons. The highest BCUT2D eigenvalue weighted by Crippen LogP contribution is 2.56. The molecule has 2 aromatic heterocycles. The molecule has 2 heterocycles. The Hall–Kier alpha value is -1.53. The highest BCUT2D eigenvalue weighted by molar-refractivity contribution is 7.98. The van der Waals surface area contributed by atoms with Crippen LogP contribution in [0.1, 0.15) is 49.5 Å². The van der Waals surface area contributed by atoms with Gasteiger partial charge in [0.2, 0.25) is 0 Å². The number of fused-ring (bicyclic) bond motifs is 1. The van der Waals surface area contributed by atoms with Crippen LogP contribution in [-0.2, 0) is 4.74 Å². The molecule has 0 bridgehead atoms. The van der Waals surface area contributed by atoms with Crippen molar-refractivity contribution in [1.82, 2.24) is 14.3 Å². The van der Waals surface area contributed by atoms with Gasteiger partial charge in [-0.15, -0.1) is 0 Å². The SMILES string of the molecule is CCO[C@@H]1C[C@@H](N(C)C(=O)c2nc(SC)n3ccccc23)C12CCCC2. The summed E-state index contributed by atoms with van der Waals surface area (Å²) < 4.78 is 8.01. The Morgan fingerprint density at radius 3 is 2.88 bits per heavy atom. The van der Waals surface area contributed by atoms with Crippen LogP contribution in [0.2, 0.25) is 0 Å². The van der Waals surface area contributed by atoms with Crippen LogP contribution in [0.25, 0.3) is 5.52 Å². The molecule has 2 aromatic rings. The van der Waals surface area contributed by atoms with Crippen molar-refractivity contribution in [3.8, 4) is 0 Å². The Balaban J connectivity index is 1.63. The predicted molar refractivity (Wildman–Crippen MR) is 104 cm³/mol. The Labute approximate surface area is 159 Å². The number of carbonyl (C=O) groups is 1. The third-order valence-electron chi connectivity index (χ3n) is 6.33. The third-order valence-corrected chi connectivity index (χ3v) is 6.99. The second-order valence-corrected chi connectivity index (χ2v) is 8.23. The summed E-state index contributed by atoms with van der Waals surface area (Å²) in [5.41, 5.74) is 1.60. The summed E-state index contributed by atoms with van der Waals surface area (Å²) in [7, 11) is 1.95. The lowest BCUT2D eigenvalue weighted by Gasteiger charge is -2.56. The number of ether oxygens (including phenoxy) is 1. The molecule has 0 aliphatic heterocycles. The minimum Gasteiger partial charge on any atom is -0.378 e. The second-order valence-electron chi connectivity index (χ2n) is 7.45. The maximum Gasteiger partial charge on any atom is 0.274 e. The smallest absolute Gasteiger partial charge is 0.274 e. The van der Waals surface area contributed by atoms with E-state index in [4.69, 9.17) is 4.74 Å². The van der Waals surface area contributed by atoms with Crippen molar-refractivity contribution < 1.29 is 9.53 Å². The number of aromatic nitrogens is 2. The fourth-order valence-corrected chi connectivity index (χ4v) is 5.55. The monoisotopic (exact) mass is 373 g/mol. The van der Waals surface area contributed by atoms with E-state index in [0.717, 1.165) is 23.7 Å². The number of carbonyl (C=O) groups excluding carboxylic acids is 1. The number of hydrogen-bond donors (Lipinski definition) is 0. The lowest BCUT2D eigenvalue weighted by atomic mass is 9.60. The molecule has 2 saturated carbocycles. The number of amides is 1. The van der Waals surface area contributed by atoms with Gasteiger partial charge in [-0.05, 0) is 44.6 Å². The second kappa shape index (κ2) is 6.89. The van der Waals surface area contributed by atoms with Gasteiger partial charge in [0.05, 0.1) is 11.6 Å². The van der Waals surface area contributed by atoms with E-state index in [9.17, 15) is 4.79 Å². The van der Waals surface area contributed by atoms with Crippen molar-refractivity contribution in [3.05, 3.63) is 30.1 Å². The molecule has 0 radical (unpaired) electrons. The first kappa shape index (κ1) is 17.9. The van der Waals surface area contributed by atoms with Crippen molar-refractivity contribution in [2.75, 3.05) is 19.9 Å². The summed E-state index contributed by atoms with van der Waals surface area (Å²) in [5, 5.41) is 0.855. The van der Waals surface area contributed by atoms with E-state index in [1.807, 2.05) is 47.0 Å². The number of thioether (sulfide) groups is 1. The predicted octanol–water partition coefficient (Wildman–Crippen LogP) is 3.87. The van der Waals surface area contributed by atoms with Crippen LogP contribution in [0.4, 0.5) is 0 Å². The van der Waals surface area contributed by atoms with E-state index in [1.54, 1.807) is 11.8 Å². The average Bonchev–Trinajstić information content (AvgIpc) is 3.30. The van der Waals surface area contributed by atoms with Crippen molar-refractivity contribution >= 4 is 23.2 Å². The van der Waals surface area contributed by atoms with Crippen LogP contribution in [0.3, 0.4) is 0 Å². The Morgan fingerprint density at radius 2 is 2.19 bits per heavy atom. The summed E-state index contributed by atoms with van der Waals surface area (Å²) in [6.45, 7) is 2.81. The molecule has 0 unspecified atom stereocenters. The van der Waals surface area contributed by atoms with E-state index in [1.165, 1.54) is 25.7 Å². The molecule has 2 atom stereocenters. The van der Waals surface area contributed by atoms with E-state index >= 15 is 0 Å². The van der Waals surface area contributed by atoms with E-state index in [-0.39, 0.29) is 17.4 Å². The Kier molecular flexibility index (Phi) is 4.73. The zero-order chi connectivity index (χ0) is 18.3. The maximum absolute atomic E-state index is 13.3. The summed E-state index contributed by atoms with van der Waals surface area (Å²) >= 11 is 1.56. The first-order chi connectivity index (χ1) is 12.6. The fraction of sp³-hybridized carbons (Fsp3) is 0.600. The molecule has 1 amide bonds. The molecule has 1 spiro atoms. The molecule has 2 aliphatic carbocycles. The lowest BCUT2D eigenvalue weighted by molar-refractivity contribution is -0.152. The average molecular weight is 374 g/mol. The van der Waals surface area contributed by atoms with E-state index in [0.29, 0.717) is 11.8 Å². The van der Waals surface area contributed by atoms with Crippen molar-refractivity contribution in [1.29, 1.82) is 0 Å². The number of pyridine rings is 1. The normalized spacial score (nSPS) is 24.1. The topological polar surface area (TPSA) is 46.8 Å². The molecule has 2 aliphatic rings. The van der Waals surface area contributed by atoms with Gasteiger partial charge in [0.1, 0.15) is 0 Å². The highest BCUT2D eigenvalue weighted by atomic mass is 32.2. The maximum atomic E-state index is 13.3. The van der Waals surface area contributed by atoms with Crippen LogP contribution in [0, 0.1) is 5.41 Å². The molecule has 6 heteroatoms. The van der Waals surface area contributed by atoms with Crippen LogP contribution in [0.15, 0.2) is 29.6 Å². The van der Waals surface area contributed by atoms with Gasteiger partial charge in [-0.1, -0.05) is 30.7 Å². The molecule has 0 saturated heterocycles. The van der Waals surface area contributed by atoms with Crippen LogP contribution in [0.5, 0.6) is 0 Å². The summed E-state index contributed by atoms with van der Waals surface area (Å²) in [6, 6.07) is 6.17. The lowest BCUT2D eigenvalue weighted by Crippen LogP contribution is -2.64. The first-order valence-corrected chi connectivity index (χ1v) is 10.7.